The maximum atomic E-state index is 12.1. The first-order valence-corrected chi connectivity index (χ1v) is 6.53. The van der Waals surface area contributed by atoms with Gasteiger partial charge in [0.1, 0.15) is 5.75 Å². The fraction of sp³-hybridized carbons (Fsp3) is 0.500. The highest BCUT2D eigenvalue weighted by Crippen LogP contribution is 2.19. The molecule has 0 saturated carbocycles. The second-order valence-electron chi connectivity index (χ2n) is 4.64. The van der Waals surface area contributed by atoms with Crippen LogP contribution in [0.4, 0.5) is 4.79 Å². The number of nitrogens with one attached hydrogen (secondary N) is 1. The Hall–Kier alpha value is -1.75. The number of amides is 2. The molecular weight excluding hydrogens is 244 g/mol. The fourth-order valence-electron chi connectivity index (χ4n) is 2.41. The Morgan fingerprint density at radius 3 is 3.05 bits per heavy atom. The highest BCUT2D eigenvalue weighted by Gasteiger charge is 2.27. The van der Waals surface area contributed by atoms with Gasteiger partial charge in [0.2, 0.25) is 0 Å². The normalized spacial score (nSPS) is 18.4. The first kappa shape index (κ1) is 13.7. The van der Waals surface area contributed by atoms with E-state index in [2.05, 4.69) is 5.32 Å². The predicted octanol–water partition coefficient (Wildman–Crippen LogP) is 1.36. The van der Waals surface area contributed by atoms with Gasteiger partial charge in [0, 0.05) is 18.7 Å². The minimum Gasteiger partial charge on any atom is -0.496 e. The van der Waals surface area contributed by atoms with Gasteiger partial charge in [-0.2, -0.15) is 0 Å². The number of benzene rings is 1. The molecule has 0 bridgehead atoms. The van der Waals surface area contributed by atoms with Gasteiger partial charge in [0.25, 0.3) is 0 Å². The zero-order chi connectivity index (χ0) is 13.7. The second kappa shape index (κ2) is 6.43. The number of aliphatic hydroxyl groups is 1. The number of para-hydroxylation sites is 1. The summed E-state index contributed by atoms with van der Waals surface area (Å²) in [7, 11) is 1.61. The molecule has 5 heteroatoms. The molecule has 2 rings (SSSR count). The third kappa shape index (κ3) is 3.17. The van der Waals surface area contributed by atoms with Gasteiger partial charge in [-0.3, -0.25) is 0 Å². The molecule has 0 aliphatic carbocycles. The van der Waals surface area contributed by atoms with Crippen LogP contribution >= 0.6 is 0 Å². The molecule has 1 saturated heterocycles. The summed E-state index contributed by atoms with van der Waals surface area (Å²) in [6, 6.07) is 7.43. The summed E-state index contributed by atoms with van der Waals surface area (Å²) in [6.07, 6.45) is 1.83. The quantitative estimate of drug-likeness (QED) is 0.863. The molecule has 1 aliphatic rings. The number of rotatable bonds is 4. The van der Waals surface area contributed by atoms with E-state index >= 15 is 0 Å². The van der Waals surface area contributed by atoms with Gasteiger partial charge in [-0.05, 0) is 18.9 Å². The Balaban J connectivity index is 1.93. The van der Waals surface area contributed by atoms with Crippen LogP contribution in [0.1, 0.15) is 18.4 Å². The van der Waals surface area contributed by atoms with Crippen molar-refractivity contribution in [3.8, 4) is 5.75 Å². The van der Waals surface area contributed by atoms with Crippen LogP contribution in [0.15, 0.2) is 24.3 Å². The van der Waals surface area contributed by atoms with Crippen molar-refractivity contribution in [2.75, 3.05) is 20.3 Å². The highest BCUT2D eigenvalue weighted by molar-refractivity contribution is 5.75. The molecule has 5 nitrogen and oxygen atoms in total. The van der Waals surface area contributed by atoms with Crippen LogP contribution in [0.2, 0.25) is 0 Å². The number of carbonyl (C=O) groups is 1. The summed E-state index contributed by atoms with van der Waals surface area (Å²) < 4.78 is 5.24. The summed E-state index contributed by atoms with van der Waals surface area (Å²) in [5.41, 5.74) is 0.943. The minimum absolute atomic E-state index is 0.0298. The lowest BCUT2D eigenvalue weighted by Crippen LogP contribution is -2.43. The van der Waals surface area contributed by atoms with E-state index in [0.717, 1.165) is 24.2 Å². The Labute approximate surface area is 113 Å². The van der Waals surface area contributed by atoms with Gasteiger partial charge < -0.3 is 20.1 Å². The maximum Gasteiger partial charge on any atom is 0.317 e. The Morgan fingerprint density at radius 1 is 1.53 bits per heavy atom. The predicted molar refractivity (Wildman–Crippen MR) is 72.0 cm³/mol. The number of likely N-dealkylation sites (tertiary alicyclic amines) is 1. The molecule has 1 aromatic rings. The van der Waals surface area contributed by atoms with Crippen LogP contribution < -0.4 is 10.1 Å². The Morgan fingerprint density at radius 2 is 2.32 bits per heavy atom. The molecule has 1 fully saturated rings. The van der Waals surface area contributed by atoms with E-state index in [1.54, 1.807) is 12.0 Å². The van der Waals surface area contributed by atoms with Crippen LogP contribution in [-0.4, -0.2) is 42.3 Å². The molecule has 2 N–H and O–H groups in total. The highest BCUT2D eigenvalue weighted by atomic mass is 16.5. The Bertz CT molecular complexity index is 436. The minimum atomic E-state index is -0.123. The molecule has 104 valence electrons. The summed E-state index contributed by atoms with van der Waals surface area (Å²) in [4.78, 5) is 13.8. The largest absolute Gasteiger partial charge is 0.496 e. The smallest absolute Gasteiger partial charge is 0.317 e. The van der Waals surface area contributed by atoms with Crippen LogP contribution in [0.5, 0.6) is 5.75 Å². The van der Waals surface area contributed by atoms with Crippen molar-refractivity contribution in [3.05, 3.63) is 29.8 Å². The molecule has 1 heterocycles. The SMILES string of the molecule is COc1ccccc1CNC(=O)N1CCCC1CO. The molecule has 1 atom stereocenters. The van der Waals surface area contributed by atoms with Gasteiger partial charge in [-0.25, -0.2) is 4.79 Å². The standard InChI is InChI=1S/C14H20N2O3/c1-19-13-7-3-2-5-11(13)9-15-14(18)16-8-4-6-12(16)10-17/h2-3,5,7,12,17H,4,6,8-10H2,1H3,(H,15,18). The van der Waals surface area contributed by atoms with E-state index in [1.165, 1.54) is 0 Å². The van der Waals surface area contributed by atoms with Crippen molar-refractivity contribution in [1.82, 2.24) is 10.2 Å². The number of methoxy groups -OCH3 is 1. The fourth-order valence-corrected chi connectivity index (χ4v) is 2.41. The van der Waals surface area contributed by atoms with Crippen LogP contribution in [-0.2, 0) is 6.54 Å². The van der Waals surface area contributed by atoms with E-state index in [4.69, 9.17) is 4.74 Å². The molecule has 1 unspecified atom stereocenters. The third-order valence-electron chi connectivity index (χ3n) is 3.47. The molecule has 19 heavy (non-hydrogen) atoms. The third-order valence-corrected chi connectivity index (χ3v) is 3.47. The lowest BCUT2D eigenvalue weighted by molar-refractivity contribution is 0.157. The summed E-state index contributed by atoms with van der Waals surface area (Å²) in [5, 5.41) is 12.1. The van der Waals surface area contributed by atoms with Crippen molar-refractivity contribution in [3.63, 3.8) is 0 Å². The molecule has 0 aromatic heterocycles. The van der Waals surface area contributed by atoms with Crippen molar-refractivity contribution in [2.45, 2.75) is 25.4 Å². The Kier molecular flexibility index (Phi) is 4.63. The van der Waals surface area contributed by atoms with E-state index in [9.17, 15) is 9.90 Å². The van der Waals surface area contributed by atoms with Crippen LogP contribution in [0.25, 0.3) is 0 Å². The van der Waals surface area contributed by atoms with Gasteiger partial charge in [-0.15, -0.1) is 0 Å². The van der Waals surface area contributed by atoms with Gasteiger partial charge in [-0.1, -0.05) is 18.2 Å². The molecule has 2 amide bonds. The number of nitrogens with zero attached hydrogens (tertiary/aromatic N) is 1. The molecule has 1 aliphatic heterocycles. The van der Waals surface area contributed by atoms with Gasteiger partial charge in [0.05, 0.1) is 19.8 Å². The zero-order valence-corrected chi connectivity index (χ0v) is 11.1. The number of hydrogen-bond donors (Lipinski definition) is 2. The maximum absolute atomic E-state index is 12.1. The molecular formula is C14H20N2O3. The number of aliphatic hydroxyl groups excluding tert-OH is 1. The lowest BCUT2D eigenvalue weighted by atomic mass is 10.2. The number of hydrogen-bond acceptors (Lipinski definition) is 3. The lowest BCUT2D eigenvalue weighted by Gasteiger charge is -2.23. The first-order valence-electron chi connectivity index (χ1n) is 6.53. The first-order chi connectivity index (χ1) is 9.26. The van der Waals surface area contributed by atoms with Crippen LogP contribution in [0, 0.1) is 0 Å². The van der Waals surface area contributed by atoms with E-state index in [-0.39, 0.29) is 18.7 Å². The zero-order valence-electron chi connectivity index (χ0n) is 11.1. The molecule has 1 aromatic carbocycles. The number of urea groups is 1. The number of ether oxygens (including phenoxy) is 1. The average Bonchev–Trinajstić information content (AvgIpc) is 2.93. The topological polar surface area (TPSA) is 61.8 Å². The van der Waals surface area contributed by atoms with E-state index in [1.807, 2.05) is 24.3 Å². The van der Waals surface area contributed by atoms with E-state index < -0.39 is 0 Å². The molecule has 0 spiro atoms. The summed E-state index contributed by atoms with van der Waals surface area (Å²) >= 11 is 0. The van der Waals surface area contributed by atoms with Crippen molar-refractivity contribution < 1.29 is 14.6 Å². The second-order valence-corrected chi connectivity index (χ2v) is 4.64. The van der Waals surface area contributed by atoms with Crippen molar-refractivity contribution in [1.29, 1.82) is 0 Å². The monoisotopic (exact) mass is 264 g/mol. The van der Waals surface area contributed by atoms with Gasteiger partial charge in [0.15, 0.2) is 0 Å². The van der Waals surface area contributed by atoms with Crippen LogP contribution in [0.3, 0.4) is 0 Å². The molecule has 0 radical (unpaired) electrons. The number of carbonyl (C=O) groups excluding carboxylic acids is 1. The van der Waals surface area contributed by atoms with Gasteiger partial charge >= 0.3 is 6.03 Å². The van der Waals surface area contributed by atoms with E-state index in [0.29, 0.717) is 13.1 Å². The summed E-state index contributed by atoms with van der Waals surface area (Å²) in [6.45, 7) is 1.17. The average molecular weight is 264 g/mol. The van der Waals surface area contributed by atoms with Crippen molar-refractivity contribution in [2.24, 2.45) is 0 Å². The van der Waals surface area contributed by atoms with Crippen molar-refractivity contribution >= 4 is 6.03 Å². The summed E-state index contributed by atoms with van der Waals surface area (Å²) in [5.74, 6) is 0.767.